The van der Waals surface area contributed by atoms with Gasteiger partial charge in [0.25, 0.3) is 5.69 Å². The van der Waals surface area contributed by atoms with E-state index < -0.39 is 41.7 Å². The van der Waals surface area contributed by atoms with Crippen molar-refractivity contribution in [3.63, 3.8) is 0 Å². The van der Waals surface area contributed by atoms with Gasteiger partial charge in [-0.15, -0.1) is 0 Å². The molecule has 34 heavy (non-hydrogen) atoms. The number of aldehydes is 2. The lowest BCUT2D eigenvalue weighted by molar-refractivity contribution is -0.385. The number of rotatable bonds is 13. The van der Waals surface area contributed by atoms with Gasteiger partial charge in [0.2, 0.25) is 0 Å². The van der Waals surface area contributed by atoms with Crippen LogP contribution in [0.5, 0.6) is 0 Å². The number of carbonyl (C=O) groups excluding carboxylic acids is 2. The fourth-order valence-corrected chi connectivity index (χ4v) is 3.92. The molecule has 2 aromatic carbocycles. The van der Waals surface area contributed by atoms with Crippen molar-refractivity contribution in [1.82, 2.24) is 9.80 Å². The molecule has 0 aliphatic heterocycles. The third-order valence-corrected chi connectivity index (χ3v) is 5.30. The molecule has 1 aromatic heterocycles. The van der Waals surface area contributed by atoms with Crippen LogP contribution in [-0.2, 0) is 19.2 Å². The number of hydrogen-bond donors (Lipinski definition) is 2. The number of carboxylic acid groups (broad SMARTS) is 2. The third kappa shape index (κ3) is 5.42. The van der Waals surface area contributed by atoms with Crippen molar-refractivity contribution in [1.29, 1.82) is 0 Å². The number of carboxylic acids is 2. The van der Waals surface area contributed by atoms with Gasteiger partial charge < -0.3 is 24.2 Å². The fourth-order valence-electron chi connectivity index (χ4n) is 3.92. The Morgan fingerprint density at radius 2 is 1.62 bits per heavy atom. The monoisotopic (exact) mass is 471 g/mol. The van der Waals surface area contributed by atoms with Gasteiger partial charge in [0.15, 0.2) is 0 Å². The molecule has 0 saturated carbocycles. The molecule has 0 amide bonds. The van der Waals surface area contributed by atoms with E-state index >= 15 is 0 Å². The maximum atomic E-state index is 12.0. The third-order valence-electron chi connectivity index (χ3n) is 5.30. The number of carbonyl (C=O) groups is 4. The largest absolute Gasteiger partial charge is 0.480 e. The summed E-state index contributed by atoms with van der Waals surface area (Å²) in [6.45, 7) is -2.12. The molecule has 1 heterocycles. The number of fused-ring (bicyclic) bond motifs is 3. The summed E-state index contributed by atoms with van der Waals surface area (Å²) in [5, 5.41) is 31.9. The highest BCUT2D eigenvalue weighted by Crippen LogP contribution is 2.38. The number of aliphatic carboxylic acids is 2. The van der Waals surface area contributed by atoms with Crippen LogP contribution in [0.1, 0.15) is 11.6 Å². The number of nitro groups is 1. The van der Waals surface area contributed by atoms with Gasteiger partial charge in [0.1, 0.15) is 23.7 Å². The summed E-state index contributed by atoms with van der Waals surface area (Å²) in [6, 6.07) is 8.47. The zero-order valence-electron chi connectivity index (χ0n) is 17.8. The Hall–Kier alpha value is -4.16. The molecule has 0 saturated heterocycles. The Kier molecular flexibility index (Phi) is 7.66. The first kappa shape index (κ1) is 24.5. The highest BCUT2D eigenvalue weighted by molar-refractivity contribution is 6.05. The Bertz CT molecular complexity index is 1230. The van der Waals surface area contributed by atoms with E-state index in [9.17, 15) is 39.5 Å². The lowest BCUT2D eigenvalue weighted by Crippen LogP contribution is -2.44. The van der Waals surface area contributed by atoms with Crippen LogP contribution < -0.4 is 0 Å². The minimum atomic E-state index is -1.35. The number of benzene rings is 2. The second-order valence-corrected chi connectivity index (χ2v) is 7.52. The predicted octanol–water partition coefficient (Wildman–Crippen LogP) is 1.71. The average molecular weight is 471 g/mol. The van der Waals surface area contributed by atoms with Crippen molar-refractivity contribution >= 4 is 52.1 Å². The van der Waals surface area contributed by atoms with Gasteiger partial charge in [-0.1, -0.05) is 18.2 Å². The van der Waals surface area contributed by atoms with Crippen molar-refractivity contribution in [2.75, 3.05) is 32.7 Å². The van der Waals surface area contributed by atoms with Crippen LogP contribution in [0.4, 0.5) is 5.69 Å². The molecule has 3 aromatic rings. The first-order chi connectivity index (χ1) is 16.2. The predicted molar refractivity (Wildman–Crippen MR) is 119 cm³/mol. The second kappa shape index (κ2) is 10.6. The standard InChI is InChI=1S/C22H21N3O9/c26-7-5-23(6-8-27)11-18(24(12-21(28)29)13-22(30)31)16-9-15-14-3-1-2-4-19(14)34-20(15)10-17(16)25(32)33/h1-4,7-10,18H,5-6,11-13H2,(H,28,29)(H,30,31). The Morgan fingerprint density at radius 3 is 2.18 bits per heavy atom. The number of nitrogens with zero attached hydrogens (tertiary/aromatic N) is 3. The smallest absolute Gasteiger partial charge is 0.317 e. The second-order valence-electron chi connectivity index (χ2n) is 7.52. The van der Waals surface area contributed by atoms with Crippen LogP contribution >= 0.6 is 0 Å². The molecule has 0 radical (unpaired) electrons. The lowest BCUT2D eigenvalue weighted by atomic mass is 9.99. The van der Waals surface area contributed by atoms with E-state index in [1.807, 2.05) is 0 Å². The van der Waals surface area contributed by atoms with Crippen LogP contribution in [0, 0.1) is 10.1 Å². The van der Waals surface area contributed by atoms with E-state index in [1.54, 1.807) is 24.3 Å². The molecule has 178 valence electrons. The first-order valence-corrected chi connectivity index (χ1v) is 10.1. The molecular formula is C22H21N3O9. The van der Waals surface area contributed by atoms with Gasteiger partial charge in [0, 0.05) is 22.9 Å². The Labute approximate surface area is 192 Å². The van der Waals surface area contributed by atoms with E-state index in [0.717, 1.165) is 4.90 Å². The van der Waals surface area contributed by atoms with E-state index in [2.05, 4.69) is 0 Å². The number of hydrogen-bond acceptors (Lipinski definition) is 9. The topological polar surface area (TPSA) is 171 Å². The Balaban J connectivity index is 2.26. The van der Waals surface area contributed by atoms with Crippen molar-refractivity contribution < 1.29 is 38.7 Å². The van der Waals surface area contributed by atoms with E-state index in [4.69, 9.17) is 4.42 Å². The van der Waals surface area contributed by atoms with Crippen LogP contribution in [0.3, 0.4) is 0 Å². The minimum Gasteiger partial charge on any atom is -0.480 e. The molecule has 0 spiro atoms. The summed E-state index contributed by atoms with van der Waals surface area (Å²) in [7, 11) is 0. The summed E-state index contributed by atoms with van der Waals surface area (Å²) in [4.78, 5) is 59.0. The molecule has 0 aliphatic carbocycles. The van der Waals surface area contributed by atoms with Crippen molar-refractivity contribution in [2.45, 2.75) is 6.04 Å². The summed E-state index contributed by atoms with van der Waals surface area (Å²) >= 11 is 0. The lowest BCUT2D eigenvalue weighted by Gasteiger charge is -2.32. The summed E-state index contributed by atoms with van der Waals surface area (Å²) in [5.41, 5.74) is 0.343. The van der Waals surface area contributed by atoms with Gasteiger partial charge in [-0.3, -0.25) is 29.5 Å². The maximum absolute atomic E-state index is 12.0. The van der Waals surface area contributed by atoms with Crippen molar-refractivity contribution in [3.05, 3.63) is 52.1 Å². The van der Waals surface area contributed by atoms with Crippen LogP contribution in [0.2, 0.25) is 0 Å². The molecule has 0 aliphatic rings. The zero-order valence-corrected chi connectivity index (χ0v) is 17.8. The molecule has 1 atom stereocenters. The molecule has 0 fully saturated rings. The average Bonchev–Trinajstić information content (AvgIpc) is 3.13. The van der Waals surface area contributed by atoms with Gasteiger partial charge in [-0.2, -0.15) is 0 Å². The van der Waals surface area contributed by atoms with E-state index in [-0.39, 0.29) is 30.8 Å². The molecule has 2 N–H and O–H groups in total. The summed E-state index contributed by atoms with van der Waals surface area (Å²) < 4.78 is 5.72. The number of furan rings is 1. The van der Waals surface area contributed by atoms with Crippen LogP contribution in [-0.4, -0.2) is 82.2 Å². The fraction of sp³-hybridized carbons (Fsp3) is 0.273. The Morgan fingerprint density at radius 1 is 1.00 bits per heavy atom. The highest BCUT2D eigenvalue weighted by atomic mass is 16.6. The van der Waals surface area contributed by atoms with Gasteiger partial charge >= 0.3 is 11.9 Å². The van der Waals surface area contributed by atoms with Crippen molar-refractivity contribution in [2.24, 2.45) is 0 Å². The number of nitro benzene ring substituents is 1. The van der Waals surface area contributed by atoms with Gasteiger partial charge in [-0.25, -0.2) is 0 Å². The van der Waals surface area contributed by atoms with Crippen LogP contribution in [0.25, 0.3) is 21.9 Å². The molecule has 0 bridgehead atoms. The number of para-hydroxylation sites is 1. The maximum Gasteiger partial charge on any atom is 0.317 e. The summed E-state index contributed by atoms with van der Waals surface area (Å²) in [5.74, 6) is -2.69. The highest BCUT2D eigenvalue weighted by Gasteiger charge is 2.33. The first-order valence-electron chi connectivity index (χ1n) is 10.1. The molecular weight excluding hydrogens is 450 g/mol. The molecule has 1 unspecified atom stereocenters. The molecule has 3 rings (SSSR count). The van der Waals surface area contributed by atoms with Crippen LogP contribution in [0.15, 0.2) is 40.8 Å². The summed E-state index contributed by atoms with van der Waals surface area (Å²) in [6.07, 6.45) is 1.06. The van der Waals surface area contributed by atoms with E-state index in [0.29, 0.717) is 28.9 Å². The van der Waals surface area contributed by atoms with Gasteiger partial charge in [-0.05, 0) is 12.1 Å². The zero-order chi connectivity index (χ0) is 24.8. The minimum absolute atomic E-state index is 0.0355. The molecule has 12 nitrogen and oxygen atoms in total. The normalized spacial score (nSPS) is 12.3. The van der Waals surface area contributed by atoms with Crippen molar-refractivity contribution in [3.8, 4) is 0 Å². The van der Waals surface area contributed by atoms with Gasteiger partial charge in [0.05, 0.1) is 43.2 Å². The quantitative estimate of drug-likeness (QED) is 0.211. The van der Waals surface area contributed by atoms with E-state index in [1.165, 1.54) is 17.0 Å². The molecule has 12 heteroatoms. The SMILES string of the molecule is O=CCN(CC=O)CC(c1cc2c(cc1[N+](=O)[O-])oc1ccccc12)N(CC(=O)O)CC(=O)O.